The van der Waals surface area contributed by atoms with Crippen LogP contribution in [0.1, 0.15) is 24.0 Å². The lowest BCUT2D eigenvalue weighted by molar-refractivity contribution is 0.0510. The molecule has 0 radical (unpaired) electrons. The zero-order valence-electron chi connectivity index (χ0n) is 13.3. The fraction of sp³-hybridized carbons (Fsp3) is 0.389. The second kappa shape index (κ2) is 7.15. The number of ether oxygens (including phenoxy) is 1. The van der Waals surface area contributed by atoms with Crippen molar-refractivity contribution in [2.45, 2.75) is 25.2 Å². The van der Waals surface area contributed by atoms with Crippen molar-refractivity contribution in [3.63, 3.8) is 0 Å². The Morgan fingerprint density at radius 1 is 1.26 bits per heavy atom. The van der Waals surface area contributed by atoms with Crippen LogP contribution in [0.5, 0.6) is 0 Å². The second-order valence-electron chi connectivity index (χ2n) is 6.03. The molecule has 1 aliphatic rings. The topological polar surface area (TPSA) is 50.4 Å². The number of urea groups is 1. The predicted octanol–water partition coefficient (Wildman–Crippen LogP) is 3.93. The normalized spacial score (nSPS) is 16.7. The number of para-hydroxylation sites is 1. The molecular weight excluding hydrogens is 308 g/mol. The summed E-state index contributed by atoms with van der Waals surface area (Å²) in [6.07, 6.45) is 1.88. The highest BCUT2D eigenvalue weighted by molar-refractivity contribution is 7.08. The third-order valence-electron chi connectivity index (χ3n) is 4.56. The molecule has 1 aromatic carbocycles. The number of rotatable bonds is 4. The summed E-state index contributed by atoms with van der Waals surface area (Å²) in [7, 11) is 0. The number of benzene rings is 1. The Kier molecular flexibility index (Phi) is 4.98. The van der Waals surface area contributed by atoms with Crippen LogP contribution in [-0.4, -0.2) is 25.8 Å². The van der Waals surface area contributed by atoms with Crippen LogP contribution in [0.25, 0.3) is 0 Å². The van der Waals surface area contributed by atoms with E-state index in [1.54, 1.807) is 11.3 Å². The SMILES string of the molecule is Cc1ccccc1NC(=O)NCC1(c2ccsc2)CCOCC1. The van der Waals surface area contributed by atoms with Gasteiger partial charge in [-0.25, -0.2) is 4.79 Å². The average Bonchev–Trinajstić information content (AvgIpc) is 3.11. The molecule has 1 aromatic heterocycles. The molecule has 2 N–H and O–H groups in total. The summed E-state index contributed by atoms with van der Waals surface area (Å²) in [5, 5.41) is 10.3. The molecule has 23 heavy (non-hydrogen) atoms. The lowest BCUT2D eigenvalue weighted by atomic mass is 9.75. The Hall–Kier alpha value is -1.85. The minimum absolute atomic E-state index is 0.0126. The number of aryl methyl sites for hydroxylation is 1. The van der Waals surface area contributed by atoms with Crippen LogP contribution in [0.4, 0.5) is 10.5 Å². The first-order chi connectivity index (χ1) is 11.2. The number of nitrogens with one attached hydrogen (secondary N) is 2. The van der Waals surface area contributed by atoms with Crippen molar-refractivity contribution < 1.29 is 9.53 Å². The van der Waals surface area contributed by atoms with Gasteiger partial charge in [-0.1, -0.05) is 18.2 Å². The van der Waals surface area contributed by atoms with E-state index in [4.69, 9.17) is 4.74 Å². The fourth-order valence-corrected chi connectivity index (χ4v) is 3.80. The molecule has 0 spiro atoms. The van der Waals surface area contributed by atoms with Crippen molar-refractivity contribution in [2.75, 3.05) is 25.1 Å². The van der Waals surface area contributed by atoms with Gasteiger partial charge in [0.15, 0.2) is 0 Å². The largest absolute Gasteiger partial charge is 0.381 e. The van der Waals surface area contributed by atoms with Crippen molar-refractivity contribution in [1.82, 2.24) is 5.32 Å². The molecule has 3 rings (SSSR count). The molecule has 4 nitrogen and oxygen atoms in total. The van der Waals surface area contributed by atoms with E-state index in [0.717, 1.165) is 37.3 Å². The third-order valence-corrected chi connectivity index (χ3v) is 5.25. The first-order valence-electron chi connectivity index (χ1n) is 7.91. The molecule has 1 fully saturated rings. The first kappa shape index (κ1) is 16.0. The smallest absolute Gasteiger partial charge is 0.319 e. The van der Waals surface area contributed by atoms with Gasteiger partial charge in [0.05, 0.1) is 0 Å². The zero-order chi connectivity index (χ0) is 16.1. The van der Waals surface area contributed by atoms with Crippen LogP contribution in [0, 0.1) is 6.92 Å². The summed E-state index contributed by atoms with van der Waals surface area (Å²) in [5.41, 5.74) is 3.20. The van der Waals surface area contributed by atoms with Crippen LogP contribution < -0.4 is 10.6 Å². The van der Waals surface area contributed by atoms with Crippen LogP contribution in [0.3, 0.4) is 0 Å². The Bertz CT molecular complexity index is 649. The van der Waals surface area contributed by atoms with Crippen molar-refractivity contribution in [3.05, 3.63) is 52.2 Å². The Balaban J connectivity index is 1.65. The highest BCUT2D eigenvalue weighted by Gasteiger charge is 2.35. The number of amides is 2. The Morgan fingerprint density at radius 3 is 2.74 bits per heavy atom. The Morgan fingerprint density at radius 2 is 2.04 bits per heavy atom. The van der Waals surface area contributed by atoms with Gasteiger partial charge >= 0.3 is 6.03 Å². The molecule has 1 saturated heterocycles. The Labute approximate surface area is 140 Å². The zero-order valence-corrected chi connectivity index (χ0v) is 14.1. The van der Waals surface area contributed by atoms with E-state index in [1.807, 2.05) is 31.2 Å². The second-order valence-corrected chi connectivity index (χ2v) is 6.81. The summed E-state index contributed by atoms with van der Waals surface area (Å²) in [5.74, 6) is 0. The standard InChI is InChI=1S/C18H22N2O2S/c1-14-4-2-3-5-16(14)20-17(21)19-13-18(7-9-22-10-8-18)15-6-11-23-12-15/h2-6,11-12H,7-10,13H2,1H3,(H2,19,20,21). The van der Waals surface area contributed by atoms with Gasteiger partial charge in [0.2, 0.25) is 0 Å². The van der Waals surface area contributed by atoms with E-state index >= 15 is 0 Å². The average molecular weight is 330 g/mol. The van der Waals surface area contributed by atoms with Crippen LogP contribution in [-0.2, 0) is 10.2 Å². The summed E-state index contributed by atoms with van der Waals surface area (Å²) in [6, 6.07) is 9.80. The summed E-state index contributed by atoms with van der Waals surface area (Å²) < 4.78 is 5.52. The molecule has 0 atom stereocenters. The number of hydrogen-bond acceptors (Lipinski definition) is 3. The quantitative estimate of drug-likeness (QED) is 0.892. The van der Waals surface area contributed by atoms with Gasteiger partial charge in [-0.05, 0) is 53.8 Å². The van der Waals surface area contributed by atoms with E-state index in [-0.39, 0.29) is 11.4 Å². The minimum Gasteiger partial charge on any atom is -0.381 e. The van der Waals surface area contributed by atoms with Crippen LogP contribution >= 0.6 is 11.3 Å². The number of carbonyl (C=O) groups is 1. The number of anilines is 1. The number of carbonyl (C=O) groups excluding carboxylic acids is 1. The van der Waals surface area contributed by atoms with Gasteiger partial charge < -0.3 is 15.4 Å². The van der Waals surface area contributed by atoms with E-state index in [2.05, 4.69) is 27.5 Å². The van der Waals surface area contributed by atoms with Gasteiger partial charge in [-0.2, -0.15) is 11.3 Å². The number of thiophene rings is 1. The van der Waals surface area contributed by atoms with Crippen LogP contribution in [0.2, 0.25) is 0 Å². The van der Waals surface area contributed by atoms with E-state index < -0.39 is 0 Å². The molecular formula is C18H22N2O2S. The molecule has 1 aliphatic heterocycles. The highest BCUT2D eigenvalue weighted by atomic mass is 32.1. The fourth-order valence-electron chi connectivity index (χ4n) is 3.03. The van der Waals surface area contributed by atoms with Gasteiger partial charge in [-0.3, -0.25) is 0 Å². The molecule has 2 amide bonds. The van der Waals surface area contributed by atoms with Crippen molar-refractivity contribution >= 4 is 23.1 Å². The lowest BCUT2D eigenvalue weighted by Crippen LogP contribution is -2.45. The third kappa shape index (κ3) is 3.74. The summed E-state index contributed by atoms with van der Waals surface area (Å²) >= 11 is 1.70. The first-order valence-corrected chi connectivity index (χ1v) is 8.85. The van der Waals surface area contributed by atoms with Crippen LogP contribution in [0.15, 0.2) is 41.1 Å². The molecule has 122 valence electrons. The molecule has 2 heterocycles. The molecule has 0 bridgehead atoms. The van der Waals surface area contributed by atoms with Gasteiger partial charge in [0.25, 0.3) is 0 Å². The molecule has 0 aliphatic carbocycles. The molecule has 0 unspecified atom stereocenters. The number of hydrogen-bond donors (Lipinski definition) is 2. The van der Waals surface area contributed by atoms with E-state index in [9.17, 15) is 4.79 Å². The predicted molar refractivity (Wildman–Crippen MR) is 94.3 cm³/mol. The van der Waals surface area contributed by atoms with Gasteiger partial charge in [-0.15, -0.1) is 0 Å². The van der Waals surface area contributed by atoms with E-state index in [1.165, 1.54) is 5.56 Å². The summed E-state index contributed by atoms with van der Waals surface area (Å²) in [4.78, 5) is 12.3. The molecule has 2 aromatic rings. The van der Waals surface area contributed by atoms with Crippen molar-refractivity contribution in [2.24, 2.45) is 0 Å². The van der Waals surface area contributed by atoms with Crippen molar-refractivity contribution in [1.29, 1.82) is 0 Å². The van der Waals surface area contributed by atoms with Crippen molar-refractivity contribution in [3.8, 4) is 0 Å². The highest BCUT2D eigenvalue weighted by Crippen LogP contribution is 2.35. The maximum atomic E-state index is 12.3. The molecule has 0 saturated carbocycles. The van der Waals surface area contributed by atoms with Gasteiger partial charge in [0, 0.05) is 30.9 Å². The van der Waals surface area contributed by atoms with E-state index in [0.29, 0.717) is 6.54 Å². The molecule has 5 heteroatoms. The minimum atomic E-state index is -0.152. The van der Waals surface area contributed by atoms with Gasteiger partial charge in [0.1, 0.15) is 0 Å². The monoisotopic (exact) mass is 330 g/mol. The maximum absolute atomic E-state index is 12.3. The maximum Gasteiger partial charge on any atom is 0.319 e. The lowest BCUT2D eigenvalue weighted by Gasteiger charge is -2.37. The summed E-state index contributed by atoms with van der Waals surface area (Å²) in [6.45, 7) is 4.11.